The molecule has 146 valence electrons. The normalized spacial score (nSPS) is 29.2. The van der Waals surface area contributed by atoms with Gasteiger partial charge in [0.25, 0.3) is 0 Å². The first-order valence-corrected chi connectivity index (χ1v) is 10.0. The minimum atomic E-state index is -0.180. The molecule has 0 aliphatic carbocycles. The van der Waals surface area contributed by atoms with E-state index in [2.05, 4.69) is 16.2 Å². The fourth-order valence-corrected chi connectivity index (χ4v) is 4.59. The molecule has 8 heteroatoms. The molecule has 7 nitrogen and oxygen atoms in total. The molecule has 1 aromatic carbocycles. The Balaban J connectivity index is 1.45. The highest BCUT2D eigenvalue weighted by molar-refractivity contribution is 6.30. The average Bonchev–Trinajstić information content (AvgIpc) is 3.18. The summed E-state index contributed by atoms with van der Waals surface area (Å²) < 4.78 is 0. The molecule has 3 fully saturated rings. The van der Waals surface area contributed by atoms with E-state index < -0.39 is 0 Å². The minimum Gasteiger partial charge on any atom is -0.340 e. The Hall–Kier alpha value is -1.67. The van der Waals surface area contributed by atoms with E-state index >= 15 is 0 Å². The van der Waals surface area contributed by atoms with E-state index in [1.54, 1.807) is 0 Å². The van der Waals surface area contributed by atoms with Gasteiger partial charge in [-0.25, -0.2) is 5.43 Å². The largest absolute Gasteiger partial charge is 0.340 e. The van der Waals surface area contributed by atoms with Gasteiger partial charge in [-0.2, -0.15) is 0 Å². The van der Waals surface area contributed by atoms with E-state index in [0.29, 0.717) is 24.7 Å². The summed E-state index contributed by atoms with van der Waals surface area (Å²) in [7, 11) is 0. The van der Waals surface area contributed by atoms with Crippen molar-refractivity contribution in [3.63, 3.8) is 0 Å². The van der Waals surface area contributed by atoms with Gasteiger partial charge >= 0.3 is 0 Å². The van der Waals surface area contributed by atoms with Gasteiger partial charge in [-0.1, -0.05) is 23.7 Å². The van der Waals surface area contributed by atoms with Gasteiger partial charge in [0, 0.05) is 43.8 Å². The molecular formula is C19H26ClN5O2. The molecule has 3 aliphatic rings. The lowest BCUT2D eigenvalue weighted by atomic mass is 9.92. The average molecular weight is 392 g/mol. The van der Waals surface area contributed by atoms with Gasteiger partial charge < -0.3 is 15.1 Å². The van der Waals surface area contributed by atoms with Crippen LogP contribution in [0, 0.1) is 5.92 Å². The van der Waals surface area contributed by atoms with Gasteiger partial charge in [-0.05, 0) is 30.5 Å². The van der Waals surface area contributed by atoms with Crippen LogP contribution >= 0.6 is 11.6 Å². The number of hydrogen-bond acceptors (Lipinski definition) is 5. The highest BCUT2D eigenvalue weighted by Gasteiger charge is 2.39. The fraction of sp³-hybridized carbons (Fsp3) is 0.579. The van der Waals surface area contributed by atoms with Crippen LogP contribution in [0.5, 0.6) is 0 Å². The van der Waals surface area contributed by atoms with Gasteiger partial charge in [-0.3, -0.25) is 15.0 Å². The molecule has 3 saturated heterocycles. The van der Waals surface area contributed by atoms with Gasteiger partial charge in [-0.15, -0.1) is 0 Å². The highest BCUT2D eigenvalue weighted by Crippen LogP contribution is 2.29. The Morgan fingerprint density at radius 3 is 2.96 bits per heavy atom. The summed E-state index contributed by atoms with van der Waals surface area (Å²) in [5, 5.41) is 3.78. The molecule has 3 atom stereocenters. The van der Waals surface area contributed by atoms with Gasteiger partial charge in [0.1, 0.15) is 0 Å². The number of hydrazine groups is 1. The van der Waals surface area contributed by atoms with E-state index in [1.165, 1.54) is 0 Å². The van der Waals surface area contributed by atoms with Crippen LogP contribution in [0.4, 0.5) is 0 Å². The predicted octanol–water partition coefficient (Wildman–Crippen LogP) is 0.528. The zero-order valence-corrected chi connectivity index (χ0v) is 16.0. The first-order chi connectivity index (χ1) is 13.1. The van der Waals surface area contributed by atoms with Crippen LogP contribution in [0.25, 0.3) is 0 Å². The Labute approximate surface area is 164 Å². The van der Waals surface area contributed by atoms with E-state index in [9.17, 15) is 9.59 Å². The summed E-state index contributed by atoms with van der Waals surface area (Å²) >= 11 is 6.13. The van der Waals surface area contributed by atoms with Crippen LogP contribution in [0.3, 0.4) is 0 Å². The molecule has 3 N–H and O–H groups in total. The Morgan fingerprint density at radius 1 is 1.26 bits per heavy atom. The zero-order valence-electron chi connectivity index (χ0n) is 15.3. The number of hydrogen-bond donors (Lipinski definition) is 3. The monoisotopic (exact) mass is 391 g/mol. The van der Waals surface area contributed by atoms with Crippen molar-refractivity contribution >= 4 is 23.4 Å². The van der Waals surface area contributed by atoms with Gasteiger partial charge in [0.15, 0.2) is 0 Å². The first kappa shape index (κ1) is 18.7. The molecule has 0 radical (unpaired) electrons. The van der Waals surface area contributed by atoms with Crippen LogP contribution in [-0.4, -0.2) is 66.9 Å². The molecule has 0 spiro atoms. The lowest BCUT2D eigenvalue weighted by Gasteiger charge is -2.42. The molecule has 2 amide bonds. The Morgan fingerprint density at radius 2 is 2.15 bits per heavy atom. The third-order valence-electron chi connectivity index (χ3n) is 5.78. The molecule has 3 heterocycles. The van der Waals surface area contributed by atoms with Crippen molar-refractivity contribution in [3.05, 3.63) is 34.9 Å². The lowest BCUT2D eigenvalue weighted by molar-refractivity contribution is -0.142. The minimum absolute atomic E-state index is 0.0996. The lowest BCUT2D eigenvalue weighted by Crippen LogP contribution is -2.58. The van der Waals surface area contributed by atoms with E-state index in [4.69, 9.17) is 11.6 Å². The number of nitrogens with zero attached hydrogens (tertiary/aromatic N) is 2. The maximum atomic E-state index is 13.3. The maximum Gasteiger partial charge on any atom is 0.236 e. The number of carbonyl (C=O) groups excluding carboxylic acids is 2. The number of carbonyl (C=O) groups is 2. The van der Waals surface area contributed by atoms with E-state index in [0.717, 1.165) is 38.0 Å². The van der Waals surface area contributed by atoms with Crippen molar-refractivity contribution in [2.24, 2.45) is 5.92 Å². The van der Waals surface area contributed by atoms with Crippen molar-refractivity contribution in [1.29, 1.82) is 0 Å². The first-order valence-electron chi connectivity index (χ1n) is 9.66. The van der Waals surface area contributed by atoms with Gasteiger partial charge in [0.05, 0.1) is 18.5 Å². The molecule has 0 bridgehead atoms. The van der Waals surface area contributed by atoms with Crippen molar-refractivity contribution in [3.8, 4) is 0 Å². The molecule has 1 aromatic rings. The standard InChI is InChI=1S/C19H26ClN5O2/c20-14-4-1-3-13(9-14)18-16(10-22-23-18)19(27)24-7-2-5-15(12-24)25-8-6-21-11-17(25)26/h1,3-4,9,15-16,18,21-23H,2,5-8,10-12H2. The number of rotatable bonds is 3. The van der Waals surface area contributed by atoms with E-state index in [-0.39, 0.29) is 29.8 Å². The van der Waals surface area contributed by atoms with Crippen LogP contribution in [0.15, 0.2) is 24.3 Å². The Kier molecular flexibility index (Phi) is 5.63. The fourth-order valence-electron chi connectivity index (χ4n) is 4.39. The van der Waals surface area contributed by atoms with Crippen LogP contribution in [0.2, 0.25) is 5.02 Å². The summed E-state index contributed by atoms with van der Waals surface area (Å²) in [6.45, 7) is 3.92. The molecule has 3 aliphatic heterocycles. The summed E-state index contributed by atoms with van der Waals surface area (Å²) in [5.74, 6) is 0.104. The number of benzene rings is 1. The quantitative estimate of drug-likeness (QED) is 0.700. The number of likely N-dealkylation sites (tertiary alicyclic amines) is 1. The molecule has 0 aromatic heterocycles. The third-order valence-corrected chi connectivity index (χ3v) is 6.02. The number of halogens is 1. The molecule has 4 rings (SSSR count). The van der Waals surface area contributed by atoms with Crippen LogP contribution in [0.1, 0.15) is 24.4 Å². The predicted molar refractivity (Wildman–Crippen MR) is 103 cm³/mol. The summed E-state index contributed by atoms with van der Waals surface area (Å²) in [6.07, 6.45) is 1.90. The van der Waals surface area contributed by atoms with Crippen molar-refractivity contribution in [1.82, 2.24) is 26.0 Å². The van der Waals surface area contributed by atoms with Crippen LogP contribution < -0.4 is 16.2 Å². The Bertz CT molecular complexity index is 715. The number of piperidine rings is 1. The van der Waals surface area contributed by atoms with Crippen molar-refractivity contribution in [2.45, 2.75) is 24.9 Å². The molecular weight excluding hydrogens is 366 g/mol. The second kappa shape index (κ2) is 8.14. The molecule has 27 heavy (non-hydrogen) atoms. The van der Waals surface area contributed by atoms with Gasteiger partial charge in [0.2, 0.25) is 11.8 Å². The smallest absolute Gasteiger partial charge is 0.236 e. The SMILES string of the molecule is O=C(C1CNNC1c1cccc(Cl)c1)N1CCCC(N2CCNCC2=O)C1. The van der Waals surface area contributed by atoms with Crippen molar-refractivity contribution in [2.75, 3.05) is 39.3 Å². The highest BCUT2D eigenvalue weighted by atomic mass is 35.5. The molecule has 3 unspecified atom stereocenters. The van der Waals surface area contributed by atoms with Crippen LogP contribution in [-0.2, 0) is 9.59 Å². The summed E-state index contributed by atoms with van der Waals surface area (Å²) in [5.41, 5.74) is 7.36. The second-order valence-corrected chi connectivity index (χ2v) is 7.95. The number of amides is 2. The third kappa shape index (κ3) is 3.96. The maximum absolute atomic E-state index is 13.3. The second-order valence-electron chi connectivity index (χ2n) is 7.51. The van der Waals surface area contributed by atoms with Crippen molar-refractivity contribution < 1.29 is 9.59 Å². The topological polar surface area (TPSA) is 76.7 Å². The number of piperazine rings is 1. The zero-order chi connectivity index (χ0) is 18.8. The summed E-state index contributed by atoms with van der Waals surface area (Å²) in [6, 6.07) is 7.68. The number of nitrogens with one attached hydrogen (secondary N) is 3. The summed E-state index contributed by atoms with van der Waals surface area (Å²) in [4.78, 5) is 29.4. The van der Waals surface area contributed by atoms with E-state index in [1.807, 2.05) is 34.1 Å². The molecule has 0 saturated carbocycles.